The number of rotatable bonds is 3. The minimum absolute atomic E-state index is 0.101. The van der Waals surface area contributed by atoms with Crippen LogP contribution in [0.5, 0.6) is 0 Å². The molecule has 13 heavy (non-hydrogen) atoms. The quantitative estimate of drug-likeness (QED) is 0.867. The Morgan fingerprint density at radius 1 is 1.92 bits per heavy atom. The molecule has 1 amide bonds. The predicted octanol–water partition coefficient (Wildman–Crippen LogP) is 2.60. The van der Waals surface area contributed by atoms with Crippen LogP contribution < -0.4 is 5.32 Å². The summed E-state index contributed by atoms with van der Waals surface area (Å²) >= 11 is 10.1. The van der Waals surface area contributed by atoms with Crippen molar-refractivity contribution in [2.24, 2.45) is 0 Å². The summed E-state index contributed by atoms with van der Waals surface area (Å²) < 4.78 is 0. The molecule has 0 aliphatic rings. The standard InChI is InChI=1S/C7H8BrClN2OS/c1-4(8)6(12)11-7-10-5(2-9)3-13-7/h3-4H,2H2,1H3,(H,10,11,12). The zero-order valence-corrected chi connectivity index (χ0v) is 10.0. The van der Waals surface area contributed by atoms with Gasteiger partial charge in [0.25, 0.3) is 0 Å². The first kappa shape index (κ1) is 10.9. The molecule has 1 rings (SSSR count). The fraction of sp³-hybridized carbons (Fsp3) is 0.429. The summed E-state index contributed by atoms with van der Waals surface area (Å²) in [6, 6.07) is 0. The van der Waals surface area contributed by atoms with Crippen molar-refractivity contribution in [3.05, 3.63) is 11.1 Å². The van der Waals surface area contributed by atoms with E-state index < -0.39 is 0 Å². The van der Waals surface area contributed by atoms with Gasteiger partial charge in [-0.25, -0.2) is 4.98 Å². The maximum atomic E-state index is 11.2. The Hall–Kier alpha value is -0.130. The molecule has 3 nitrogen and oxygen atoms in total. The lowest BCUT2D eigenvalue weighted by molar-refractivity contribution is -0.115. The van der Waals surface area contributed by atoms with Gasteiger partial charge in [-0.15, -0.1) is 22.9 Å². The SMILES string of the molecule is CC(Br)C(=O)Nc1nc(CCl)cs1. The van der Waals surface area contributed by atoms with Gasteiger partial charge in [-0.1, -0.05) is 15.9 Å². The molecule has 0 bridgehead atoms. The largest absolute Gasteiger partial charge is 0.301 e. The molecule has 0 saturated carbocycles. The van der Waals surface area contributed by atoms with Gasteiger partial charge in [-0.05, 0) is 6.92 Å². The predicted molar refractivity (Wildman–Crippen MR) is 58.7 cm³/mol. The third-order valence-corrected chi connectivity index (χ3v) is 2.78. The molecule has 0 aliphatic carbocycles. The number of nitrogens with one attached hydrogen (secondary N) is 1. The van der Waals surface area contributed by atoms with Gasteiger partial charge >= 0.3 is 0 Å². The Kier molecular flexibility index (Phi) is 4.15. The molecular weight excluding hydrogens is 276 g/mol. The lowest BCUT2D eigenvalue weighted by Crippen LogP contribution is -2.19. The monoisotopic (exact) mass is 282 g/mol. The summed E-state index contributed by atoms with van der Waals surface area (Å²) in [5, 5.41) is 5.07. The van der Waals surface area contributed by atoms with Crippen LogP contribution in [0, 0.1) is 0 Å². The number of hydrogen-bond donors (Lipinski definition) is 1. The Labute approximate surface area is 93.6 Å². The van der Waals surface area contributed by atoms with E-state index in [2.05, 4.69) is 26.2 Å². The topological polar surface area (TPSA) is 42.0 Å². The number of alkyl halides is 2. The highest BCUT2D eigenvalue weighted by molar-refractivity contribution is 9.10. The van der Waals surface area contributed by atoms with Crippen LogP contribution in [-0.2, 0) is 10.7 Å². The van der Waals surface area contributed by atoms with E-state index in [1.165, 1.54) is 11.3 Å². The van der Waals surface area contributed by atoms with Crippen LogP contribution in [-0.4, -0.2) is 15.7 Å². The average Bonchev–Trinajstić information content (AvgIpc) is 2.52. The van der Waals surface area contributed by atoms with Crippen molar-refractivity contribution in [1.29, 1.82) is 0 Å². The molecule has 1 atom stereocenters. The molecule has 0 fully saturated rings. The number of carbonyl (C=O) groups excluding carboxylic acids is 1. The molecule has 0 aliphatic heterocycles. The number of hydrogen-bond acceptors (Lipinski definition) is 3. The molecule has 1 aromatic rings. The van der Waals surface area contributed by atoms with Crippen LogP contribution >= 0.6 is 38.9 Å². The van der Waals surface area contributed by atoms with Crippen molar-refractivity contribution in [3.63, 3.8) is 0 Å². The summed E-state index contributed by atoms with van der Waals surface area (Å²) in [7, 11) is 0. The molecule has 1 heterocycles. The smallest absolute Gasteiger partial charge is 0.239 e. The van der Waals surface area contributed by atoms with Gasteiger partial charge in [0.15, 0.2) is 5.13 Å². The second-order valence-electron chi connectivity index (χ2n) is 2.38. The van der Waals surface area contributed by atoms with Crippen molar-refractivity contribution in [2.45, 2.75) is 17.6 Å². The number of nitrogens with zero attached hydrogens (tertiary/aromatic N) is 1. The summed E-state index contributed by atoms with van der Waals surface area (Å²) in [5.41, 5.74) is 0.782. The zero-order valence-electron chi connectivity index (χ0n) is 6.88. The normalized spacial score (nSPS) is 12.5. The molecular formula is C7H8BrClN2OS. The van der Waals surface area contributed by atoms with Gasteiger partial charge in [0.1, 0.15) is 0 Å². The number of anilines is 1. The second kappa shape index (κ2) is 4.93. The van der Waals surface area contributed by atoms with Gasteiger partial charge in [0, 0.05) is 5.38 Å². The highest BCUT2D eigenvalue weighted by atomic mass is 79.9. The number of amides is 1. The molecule has 1 N–H and O–H groups in total. The Balaban J connectivity index is 2.59. The molecule has 6 heteroatoms. The second-order valence-corrected chi connectivity index (χ2v) is 4.88. The number of carbonyl (C=O) groups is 1. The van der Waals surface area contributed by atoms with E-state index in [1.807, 2.05) is 5.38 Å². The zero-order chi connectivity index (χ0) is 9.84. The van der Waals surface area contributed by atoms with E-state index in [-0.39, 0.29) is 10.7 Å². The highest BCUT2D eigenvalue weighted by Crippen LogP contribution is 2.17. The number of aromatic nitrogens is 1. The van der Waals surface area contributed by atoms with E-state index in [1.54, 1.807) is 6.92 Å². The van der Waals surface area contributed by atoms with Gasteiger partial charge in [-0.3, -0.25) is 4.79 Å². The fourth-order valence-electron chi connectivity index (χ4n) is 0.631. The van der Waals surface area contributed by atoms with Crippen molar-refractivity contribution < 1.29 is 4.79 Å². The van der Waals surface area contributed by atoms with Gasteiger partial charge in [-0.2, -0.15) is 0 Å². The molecule has 0 aromatic carbocycles. The third-order valence-electron chi connectivity index (χ3n) is 1.28. The minimum Gasteiger partial charge on any atom is -0.301 e. The van der Waals surface area contributed by atoms with Crippen LogP contribution in [0.1, 0.15) is 12.6 Å². The van der Waals surface area contributed by atoms with E-state index >= 15 is 0 Å². The lowest BCUT2D eigenvalue weighted by atomic mass is 10.5. The number of thiazole rings is 1. The van der Waals surface area contributed by atoms with Gasteiger partial charge in [0.2, 0.25) is 5.91 Å². The summed E-state index contributed by atoms with van der Waals surface area (Å²) in [4.78, 5) is 15.1. The van der Waals surface area contributed by atoms with E-state index in [0.717, 1.165) is 5.69 Å². The highest BCUT2D eigenvalue weighted by Gasteiger charge is 2.10. The molecule has 0 spiro atoms. The first-order chi connectivity index (χ1) is 6.13. The summed E-state index contributed by atoms with van der Waals surface area (Å²) in [6.07, 6.45) is 0. The maximum absolute atomic E-state index is 11.2. The van der Waals surface area contributed by atoms with E-state index in [9.17, 15) is 4.79 Å². The first-order valence-electron chi connectivity index (χ1n) is 3.58. The van der Waals surface area contributed by atoms with Crippen molar-refractivity contribution >= 4 is 49.9 Å². The van der Waals surface area contributed by atoms with Crippen molar-refractivity contribution in [3.8, 4) is 0 Å². The molecule has 1 aromatic heterocycles. The van der Waals surface area contributed by atoms with E-state index in [4.69, 9.17) is 11.6 Å². The fourth-order valence-corrected chi connectivity index (χ4v) is 1.69. The van der Waals surface area contributed by atoms with Crippen LogP contribution in [0.25, 0.3) is 0 Å². The Morgan fingerprint density at radius 3 is 3.08 bits per heavy atom. The van der Waals surface area contributed by atoms with Gasteiger partial charge in [0.05, 0.1) is 16.4 Å². The number of halogens is 2. The van der Waals surface area contributed by atoms with Crippen molar-refractivity contribution in [2.75, 3.05) is 5.32 Å². The molecule has 1 unspecified atom stereocenters. The first-order valence-corrected chi connectivity index (χ1v) is 5.91. The lowest BCUT2D eigenvalue weighted by Gasteiger charge is -2.01. The summed E-state index contributed by atoms with van der Waals surface area (Å²) in [5.74, 6) is 0.270. The average molecular weight is 284 g/mol. The molecule has 0 radical (unpaired) electrons. The van der Waals surface area contributed by atoms with Gasteiger partial charge < -0.3 is 5.32 Å². The Morgan fingerprint density at radius 2 is 2.62 bits per heavy atom. The van der Waals surface area contributed by atoms with Crippen LogP contribution in [0.3, 0.4) is 0 Å². The minimum atomic E-state index is -0.212. The van der Waals surface area contributed by atoms with E-state index in [0.29, 0.717) is 11.0 Å². The molecule has 72 valence electrons. The summed E-state index contributed by atoms with van der Waals surface area (Å²) in [6.45, 7) is 1.76. The van der Waals surface area contributed by atoms with Crippen molar-refractivity contribution in [1.82, 2.24) is 4.98 Å². The molecule has 0 saturated heterocycles. The third kappa shape index (κ3) is 3.25. The van der Waals surface area contributed by atoms with Crippen LogP contribution in [0.15, 0.2) is 5.38 Å². The Bertz CT molecular complexity index is 302. The van der Waals surface area contributed by atoms with Crippen LogP contribution in [0.2, 0.25) is 0 Å². The maximum Gasteiger partial charge on any atom is 0.239 e. The van der Waals surface area contributed by atoms with Crippen LogP contribution in [0.4, 0.5) is 5.13 Å².